The zero-order valence-corrected chi connectivity index (χ0v) is 36.8. The van der Waals surface area contributed by atoms with Crippen LogP contribution in [0.2, 0.25) is 4.34 Å². The van der Waals surface area contributed by atoms with E-state index in [2.05, 4.69) is 31.3 Å². The van der Waals surface area contributed by atoms with Crippen molar-refractivity contribution in [1.29, 1.82) is 0 Å². The van der Waals surface area contributed by atoms with Crippen molar-refractivity contribution in [2.75, 3.05) is 31.6 Å². The number of anilines is 2. The van der Waals surface area contributed by atoms with Crippen LogP contribution in [0.5, 0.6) is 0 Å². The number of nitrogens with zero attached hydrogens (tertiary/aromatic N) is 5. The fourth-order valence-electron chi connectivity index (χ4n) is 6.93. The number of aromatic nitrogens is 3. The van der Waals surface area contributed by atoms with Gasteiger partial charge in [-0.3, -0.25) is 19.3 Å². The number of hydrogen-bond donors (Lipinski definition) is 3. The molecular weight excluding hydrogens is 860 g/mol. The zero-order valence-electron chi connectivity index (χ0n) is 33.6. The quantitative estimate of drug-likeness (QED) is 0.0243. The third-order valence-electron chi connectivity index (χ3n) is 9.82. The third kappa shape index (κ3) is 8.98. The van der Waals surface area contributed by atoms with Crippen molar-refractivity contribution in [3.8, 4) is 0 Å². The van der Waals surface area contributed by atoms with Crippen molar-refractivity contribution < 1.29 is 33.5 Å². The lowest BCUT2D eigenvalue weighted by Crippen LogP contribution is -2.72. The van der Waals surface area contributed by atoms with E-state index in [1.807, 2.05) is 91.0 Å². The molecule has 2 aliphatic rings. The maximum Gasteiger partial charge on any atom is 0.358 e. The molecule has 2 unspecified atom stereocenters. The Bertz CT molecular complexity index is 2380. The molecule has 3 aromatic carbocycles. The molecule has 5 aromatic rings. The second-order valence-electron chi connectivity index (χ2n) is 14.7. The summed E-state index contributed by atoms with van der Waals surface area (Å²) in [6.45, 7) is 4.36. The fourth-order valence-corrected chi connectivity index (χ4v) is 9.96. The number of carbonyl (C=O) groups is 4. The Balaban J connectivity index is 1.15. The Morgan fingerprint density at radius 2 is 1.51 bits per heavy atom. The maximum absolute atomic E-state index is 14.1. The molecule has 0 aliphatic carbocycles. The van der Waals surface area contributed by atoms with E-state index in [4.69, 9.17) is 30.9 Å². The molecule has 0 bridgehead atoms. The van der Waals surface area contributed by atoms with Crippen LogP contribution in [0.4, 0.5) is 10.3 Å². The van der Waals surface area contributed by atoms with E-state index in [9.17, 15) is 19.2 Å². The van der Waals surface area contributed by atoms with Crippen LogP contribution >= 0.6 is 46.0 Å². The molecule has 2 atom stereocenters. The number of carbonyl (C=O) groups excluding carboxylic acids is 4. The van der Waals surface area contributed by atoms with Crippen LogP contribution in [0.3, 0.4) is 0 Å². The summed E-state index contributed by atoms with van der Waals surface area (Å²) in [5.41, 5.74) is 0.775. The molecule has 2 aromatic heterocycles. The predicted octanol–water partition coefficient (Wildman–Crippen LogP) is 7.03. The van der Waals surface area contributed by atoms with Gasteiger partial charge in [0.15, 0.2) is 15.2 Å². The smallest absolute Gasteiger partial charge is 0.358 e. The molecule has 316 valence electrons. The van der Waals surface area contributed by atoms with Crippen molar-refractivity contribution >= 4 is 85.8 Å². The molecule has 3 N–H and O–H groups in total. The summed E-state index contributed by atoms with van der Waals surface area (Å²) in [4.78, 5) is 65.9. The summed E-state index contributed by atoms with van der Waals surface area (Å²) in [6, 6.07) is 28.1. The number of nitrogens with one attached hydrogen (secondary N) is 3. The molecule has 15 nitrogen and oxygen atoms in total. The van der Waals surface area contributed by atoms with E-state index < -0.39 is 53.6 Å². The third-order valence-corrected chi connectivity index (χ3v) is 13.1. The molecule has 4 heterocycles. The Morgan fingerprint density at radius 3 is 2.05 bits per heavy atom. The van der Waals surface area contributed by atoms with Gasteiger partial charge in [-0.25, -0.2) is 9.78 Å². The van der Waals surface area contributed by atoms with E-state index in [1.54, 1.807) is 27.8 Å². The van der Waals surface area contributed by atoms with Crippen LogP contribution in [-0.4, -0.2) is 82.6 Å². The number of allylic oxidation sites excluding steroid dienone is 1. The molecule has 19 heteroatoms. The standard InChI is InChI=1S/C42H41ClN8O7S3/c1-41(2,3)37(55)58-23-57-36(54)32-28(59-40-49-48-38(44-4)61-40)22-21-27-29(35(53)51(27)32)45-34(52)31(50-56-5)30-33(43)60-39(46-30)47-42(24-15-9-6-10-16-24,25-17-11-7-12-18-25)26-19-13-8-14-20-26/h6-20,27,29H,21-23H2,1-5H3,(H,44,48)(H,45,52)(H,46,47). The van der Waals surface area contributed by atoms with Gasteiger partial charge in [-0.1, -0.05) is 142 Å². The molecule has 0 spiro atoms. The first-order valence-corrected chi connectivity index (χ1v) is 21.8. The number of thiazole rings is 1. The van der Waals surface area contributed by atoms with E-state index in [0.29, 0.717) is 32.3 Å². The number of esters is 2. The highest BCUT2D eigenvalue weighted by atomic mass is 35.5. The molecule has 1 fully saturated rings. The number of fused-ring (bicyclic) bond motifs is 1. The van der Waals surface area contributed by atoms with E-state index in [1.165, 1.54) is 35.1 Å². The van der Waals surface area contributed by atoms with E-state index >= 15 is 0 Å². The number of β-lactam (4-membered cyclic amide) rings is 1. The first kappa shape index (κ1) is 43.3. The second kappa shape index (κ2) is 18.4. The predicted molar refractivity (Wildman–Crippen MR) is 234 cm³/mol. The van der Waals surface area contributed by atoms with Crippen LogP contribution in [-0.2, 0) is 39.0 Å². The average Bonchev–Trinajstić information content (AvgIpc) is 3.88. The molecule has 1 saturated heterocycles. The minimum absolute atomic E-state index is 0.0347. The average molecular weight is 901 g/mol. The molecule has 2 aliphatic heterocycles. The minimum Gasteiger partial charge on any atom is -0.427 e. The Hall–Kier alpha value is -5.82. The van der Waals surface area contributed by atoms with Gasteiger partial charge in [-0.05, 0) is 50.3 Å². The van der Waals surface area contributed by atoms with Crippen LogP contribution < -0.4 is 16.0 Å². The van der Waals surface area contributed by atoms with Gasteiger partial charge in [0.05, 0.1) is 11.5 Å². The topological polar surface area (TPSA) is 186 Å². The minimum atomic E-state index is -1.04. The van der Waals surface area contributed by atoms with Gasteiger partial charge < -0.3 is 30.3 Å². The van der Waals surface area contributed by atoms with Crippen LogP contribution in [0, 0.1) is 5.41 Å². The maximum atomic E-state index is 14.1. The highest BCUT2D eigenvalue weighted by molar-refractivity contribution is 8.04. The zero-order chi connectivity index (χ0) is 43.3. The summed E-state index contributed by atoms with van der Waals surface area (Å²) in [5, 5.41) is 22.6. The van der Waals surface area contributed by atoms with Crippen molar-refractivity contribution in [3.63, 3.8) is 0 Å². The number of thioether (sulfide) groups is 1. The first-order valence-electron chi connectivity index (χ1n) is 19.0. The molecule has 0 saturated carbocycles. The Labute approximate surface area is 368 Å². The van der Waals surface area contributed by atoms with Gasteiger partial charge >= 0.3 is 11.9 Å². The van der Waals surface area contributed by atoms with Crippen molar-refractivity contribution in [1.82, 2.24) is 25.4 Å². The van der Waals surface area contributed by atoms with Gasteiger partial charge in [0.1, 0.15) is 34.4 Å². The van der Waals surface area contributed by atoms with E-state index in [0.717, 1.165) is 28.0 Å². The highest BCUT2D eigenvalue weighted by Gasteiger charge is 2.54. The fraction of sp³-hybridized carbons (Fsp3) is 0.286. The Kier molecular flexibility index (Phi) is 13.1. The van der Waals surface area contributed by atoms with E-state index in [-0.39, 0.29) is 21.4 Å². The number of rotatable bonds is 15. The Morgan fingerprint density at radius 1 is 0.902 bits per heavy atom. The normalized spacial score (nSPS) is 16.6. The van der Waals surface area contributed by atoms with Gasteiger partial charge in [0.2, 0.25) is 11.9 Å². The molecule has 2 amide bonds. The lowest BCUT2D eigenvalue weighted by molar-refractivity contribution is -0.174. The summed E-state index contributed by atoms with van der Waals surface area (Å²) in [7, 11) is 3.00. The van der Waals surface area contributed by atoms with Gasteiger partial charge in [0, 0.05) is 12.0 Å². The largest absolute Gasteiger partial charge is 0.427 e. The summed E-state index contributed by atoms with van der Waals surface area (Å²) in [6.07, 6.45) is 0.722. The number of halogens is 1. The number of amides is 2. The molecular formula is C42H41ClN8O7S3. The molecule has 0 radical (unpaired) electrons. The summed E-state index contributed by atoms with van der Waals surface area (Å²) >= 11 is 10.4. The van der Waals surface area contributed by atoms with Gasteiger partial charge in [0.25, 0.3) is 11.8 Å². The molecule has 7 rings (SSSR count). The lowest BCUT2D eigenvalue weighted by Gasteiger charge is -2.50. The van der Waals surface area contributed by atoms with Crippen molar-refractivity contribution in [2.45, 2.75) is 55.6 Å². The van der Waals surface area contributed by atoms with Crippen molar-refractivity contribution in [3.05, 3.63) is 128 Å². The van der Waals surface area contributed by atoms with Gasteiger partial charge in [-0.2, -0.15) is 0 Å². The monoisotopic (exact) mass is 900 g/mol. The lowest BCUT2D eigenvalue weighted by atomic mass is 9.77. The second-order valence-corrected chi connectivity index (χ2v) is 18.7. The van der Waals surface area contributed by atoms with Crippen LogP contribution in [0.15, 0.2) is 111 Å². The number of benzene rings is 3. The first-order chi connectivity index (χ1) is 29.3. The van der Waals surface area contributed by atoms with Crippen LogP contribution in [0.25, 0.3) is 0 Å². The van der Waals surface area contributed by atoms with Crippen molar-refractivity contribution in [2.24, 2.45) is 10.6 Å². The molecule has 61 heavy (non-hydrogen) atoms. The summed E-state index contributed by atoms with van der Waals surface area (Å²) in [5.74, 6) is -2.78. The number of ether oxygens (including phenoxy) is 2. The van der Waals surface area contributed by atoms with Crippen LogP contribution in [0.1, 0.15) is 56.0 Å². The van der Waals surface area contributed by atoms with Gasteiger partial charge in [-0.15, -0.1) is 10.2 Å². The SMILES string of the molecule is CNc1nnc(SC2=C(C(=O)OCOC(=O)C(C)(C)C)N3C(=O)C(NC(=O)C(=NOC)c4nc(NC(c5ccccc5)(c5ccccc5)c5ccccc5)sc4Cl)C3CC2)s1. The number of oxime groups is 1. The summed E-state index contributed by atoms with van der Waals surface area (Å²) < 4.78 is 11.2. The number of hydrogen-bond acceptors (Lipinski definition) is 16. The highest BCUT2D eigenvalue weighted by Crippen LogP contribution is 2.45.